The lowest BCUT2D eigenvalue weighted by Gasteiger charge is -2.22. The molecule has 0 aliphatic heterocycles. The van der Waals surface area contributed by atoms with E-state index in [1.165, 1.54) is 24.0 Å². The van der Waals surface area contributed by atoms with Crippen LogP contribution in [-0.2, 0) is 0 Å². The molecule has 0 heterocycles. The molecule has 1 fully saturated rings. The lowest BCUT2D eigenvalue weighted by atomic mass is 9.93. The summed E-state index contributed by atoms with van der Waals surface area (Å²) in [6, 6.07) is 9.36. The molecule has 1 aliphatic rings. The molecule has 0 spiro atoms. The Morgan fingerprint density at radius 3 is 2.53 bits per heavy atom. The first-order chi connectivity index (χ1) is 8.06. The average Bonchev–Trinajstić information content (AvgIpc) is 2.91. The fourth-order valence-corrected chi connectivity index (χ4v) is 2.78. The highest BCUT2D eigenvalue weighted by Gasteiger charge is 2.50. The van der Waals surface area contributed by atoms with Gasteiger partial charge in [0.25, 0.3) is 0 Å². The molecular formula is C16H25N. The molecule has 94 valence electrons. The zero-order chi connectivity index (χ0) is 12.5. The Morgan fingerprint density at radius 2 is 2.00 bits per heavy atom. The van der Waals surface area contributed by atoms with Crippen LogP contribution in [0.4, 0.5) is 0 Å². The van der Waals surface area contributed by atoms with E-state index < -0.39 is 0 Å². The molecule has 1 N–H and O–H groups in total. The number of hydrogen-bond donors (Lipinski definition) is 1. The normalized spacial score (nSPS) is 23.4. The number of hydrogen-bond acceptors (Lipinski definition) is 1. The van der Waals surface area contributed by atoms with Crippen LogP contribution in [0.3, 0.4) is 0 Å². The van der Waals surface area contributed by atoms with Crippen molar-refractivity contribution in [2.45, 2.75) is 46.6 Å². The van der Waals surface area contributed by atoms with Gasteiger partial charge >= 0.3 is 0 Å². The fraction of sp³-hybridized carbons (Fsp3) is 0.625. The Bertz CT molecular complexity index is 381. The van der Waals surface area contributed by atoms with E-state index in [0.717, 1.165) is 12.5 Å². The Hall–Kier alpha value is -0.820. The van der Waals surface area contributed by atoms with Gasteiger partial charge in [-0.1, -0.05) is 45.0 Å². The van der Waals surface area contributed by atoms with E-state index in [9.17, 15) is 0 Å². The molecule has 0 radical (unpaired) electrons. The zero-order valence-corrected chi connectivity index (χ0v) is 11.6. The van der Waals surface area contributed by atoms with Gasteiger partial charge in [-0.05, 0) is 48.8 Å². The van der Waals surface area contributed by atoms with Crippen LogP contribution in [-0.4, -0.2) is 6.54 Å². The van der Waals surface area contributed by atoms with Crippen LogP contribution in [0.15, 0.2) is 24.3 Å². The molecule has 2 atom stereocenters. The minimum Gasteiger partial charge on any atom is -0.310 e. The lowest BCUT2D eigenvalue weighted by molar-refractivity contribution is 0.414. The first-order valence-electron chi connectivity index (χ1n) is 6.85. The predicted molar refractivity (Wildman–Crippen MR) is 74.1 cm³/mol. The summed E-state index contributed by atoms with van der Waals surface area (Å²) in [6.07, 6.45) is 2.55. The van der Waals surface area contributed by atoms with Gasteiger partial charge < -0.3 is 5.32 Å². The average molecular weight is 231 g/mol. The van der Waals surface area contributed by atoms with Gasteiger partial charge in [-0.2, -0.15) is 0 Å². The van der Waals surface area contributed by atoms with Gasteiger partial charge in [-0.15, -0.1) is 0 Å². The Balaban J connectivity index is 2.19. The van der Waals surface area contributed by atoms with Gasteiger partial charge in [0.2, 0.25) is 0 Å². The number of nitrogens with one attached hydrogen (secondary N) is 1. The first-order valence-corrected chi connectivity index (χ1v) is 6.85. The summed E-state index contributed by atoms with van der Waals surface area (Å²) in [5.41, 5.74) is 3.44. The minimum atomic E-state index is 0.522. The van der Waals surface area contributed by atoms with Gasteiger partial charge in [0, 0.05) is 6.04 Å². The molecule has 1 nitrogen and oxygen atoms in total. The van der Waals surface area contributed by atoms with Crippen LogP contribution in [0.5, 0.6) is 0 Å². The third kappa shape index (κ3) is 2.71. The number of aryl methyl sites for hydroxylation is 1. The highest BCUT2D eigenvalue weighted by atomic mass is 14.9. The smallest absolute Gasteiger partial charge is 0.0356 e. The SMILES string of the molecule is CCCNC(c1ccccc1C)C1CC1(C)C. The Morgan fingerprint density at radius 1 is 1.35 bits per heavy atom. The molecule has 0 amide bonds. The van der Waals surface area contributed by atoms with E-state index in [1.807, 2.05) is 0 Å². The first kappa shape index (κ1) is 12.6. The van der Waals surface area contributed by atoms with Crippen molar-refractivity contribution < 1.29 is 0 Å². The summed E-state index contributed by atoms with van der Waals surface area (Å²) >= 11 is 0. The quantitative estimate of drug-likeness (QED) is 0.805. The van der Waals surface area contributed by atoms with E-state index in [4.69, 9.17) is 0 Å². The molecule has 1 aliphatic carbocycles. The van der Waals surface area contributed by atoms with Gasteiger partial charge in [-0.25, -0.2) is 0 Å². The van der Waals surface area contributed by atoms with Crippen LogP contribution in [0.1, 0.15) is 50.8 Å². The summed E-state index contributed by atoms with van der Waals surface area (Å²) in [5, 5.41) is 3.74. The van der Waals surface area contributed by atoms with Crippen molar-refractivity contribution in [3.8, 4) is 0 Å². The largest absolute Gasteiger partial charge is 0.310 e. The summed E-state index contributed by atoms with van der Waals surface area (Å²) in [4.78, 5) is 0. The fourth-order valence-electron chi connectivity index (χ4n) is 2.78. The lowest BCUT2D eigenvalue weighted by Crippen LogP contribution is -2.26. The highest BCUT2D eigenvalue weighted by molar-refractivity contribution is 5.31. The standard InChI is InChI=1S/C16H25N/c1-5-10-17-15(14-11-16(14,3)4)13-9-7-6-8-12(13)2/h6-9,14-15,17H,5,10-11H2,1-4H3. The number of rotatable bonds is 5. The second-order valence-corrected chi connectivity index (χ2v) is 6.09. The highest BCUT2D eigenvalue weighted by Crippen LogP contribution is 2.57. The van der Waals surface area contributed by atoms with Crippen LogP contribution in [0.2, 0.25) is 0 Å². The third-order valence-corrected chi connectivity index (χ3v) is 4.13. The van der Waals surface area contributed by atoms with Gasteiger partial charge in [0.05, 0.1) is 0 Å². The van der Waals surface area contributed by atoms with Gasteiger partial charge in [0.15, 0.2) is 0 Å². The van der Waals surface area contributed by atoms with Crippen molar-refractivity contribution >= 4 is 0 Å². The second-order valence-electron chi connectivity index (χ2n) is 6.09. The molecule has 0 bridgehead atoms. The zero-order valence-electron chi connectivity index (χ0n) is 11.6. The maximum atomic E-state index is 3.74. The van der Waals surface area contributed by atoms with E-state index >= 15 is 0 Å². The molecule has 0 saturated heterocycles. The monoisotopic (exact) mass is 231 g/mol. The van der Waals surface area contributed by atoms with E-state index in [2.05, 4.69) is 57.3 Å². The Kier molecular flexibility index (Phi) is 3.58. The number of benzene rings is 1. The van der Waals surface area contributed by atoms with Gasteiger partial charge in [-0.3, -0.25) is 0 Å². The van der Waals surface area contributed by atoms with Crippen LogP contribution < -0.4 is 5.32 Å². The molecule has 0 aromatic heterocycles. The molecule has 2 unspecified atom stereocenters. The maximum absolute atomic E-state index is 3.74. The molecule has 1 aromatic rings. The van der Waals surface area contributed by atoms with Crippen LogP contribution in [0, 0.1) is 18.3 Å². The topological polar surface area (TPSA) is 12.0 Å². The van der Waals surface area contributed by atoms with E-state index in [0.29, 0.717) is 11.5 Å². The van der Waals surface area contributed by atoms with Crippen molar-refractivity contribution in [1.82, 2.24) is 5.32 Å². The predicted octanol–water partition coefficient (Wildman–Crippen LogP) is 4.08. The maximum Gasteiger partial charge on any atom is 0.0356 e. The van der Waals surface area contributed by atoms with Crippen molar-refractivity contribution in [3.63, 3.8) is 0 Å². The van der Waals surface area contributed by atoms with E-state index in [-0.39, 0.29) is 0 Å². The van der Waals surface area contributed by atoms with Crippen LogP contribution in [0.25, 0.3) is 0 Å². The van der Waals surface area contributed by atoms with E-state index in [1.54, 1.807) is 0 Å². The second kappa shape index (κ2) is 4.81. The van der Waals surface area contributed by atoms with Crippen molar-refractivity contribution in [2.24, 2.45) is 11.3 Å². The summed E-state index contributed by atoms with van der Waals surface area (Å²) in [5.74, 6) is 0.801. The van der Waals surface area contributed by atoms with Crippen LogP contribution >= 0.6 is 0 Å². The molecule has 2 rings (SSSR count). The molecule has 1 aromatic carbocycles. The molecular weight excluding hydrogens is 206 g/mol. The van der Waals surface area contributed by atoms with Gasteiger partial charge in [0.1, 0.15) is 0 Å². The molecule has 1 saturated carbocycles. The third-order valence-electron chi connectivity index (χ3n) is 4.13. The summed E-state index contributed by atoms with van der Waals surface area (Å²) < 4.78 is 0. The molecule has 17 heavy (non-hydrogen) atoms. The van der Waals surface area contributed by atoms with Crippen molar-refractivity contribution in [2.75, 3.05) is 6.54 Å². The van der Waals surface area contributed by atoms with Crippen molar-refractivity contribution in [3.05, 3.63) is 35.4 Å². The molecule has 1 heteroatoms. The Labute approximate surface area is 106 Å². The summed E-state index contributed by atoms with van der Waals surface area (Å²) in [6.45, 7) is 10.4. The summed E-state index contributed by atoms with van der Waals surface area (Å²) in [7, 11) is 0. The minimum absolute atomic E-state index is 0.522. The van der Waals surface area contributed by atoms with Crippen molar-refractivity contribution in [1.29, 1.82) is 0 Å².